The highest BCUT2D eigenvalue weighted by Crippen LogP contribution is 2.51. The zero-order valence-electron chi connectivity index (χ0n) is 20.2. The summed E-state index contributed by atoms with van der Waals surface area (Å²) in [6.45, 7) is 4.54. The number of hydrogen-bond donors (Lipinski definition) is 1. The third-order valence-electron chi connectivity index (χ3n) is 5.58. The lowest BCUT2D eigenvalue weighted by Crippen LogP contribution is -2.44. The van der Waals surface area contributed by atoms with Crippen LogP contribution in [0.2, 0.25) is 0 Å². The standard InChI is InChI=1S/C24H50NO3P/c1-6-8-9-10-11-12-13-14-15-16-17-18-19-20-21-22-23-28-29(26,27)24(7-2)25(3,4)5/h8-9,24H,6-7,10-23H2,1-5H3/p+1/b9-8-. The zero-order chi connectivity index (χ0) is 22.0. The van der Waals surface area contributed by atoms with Crippen LogP contribution in [-0.2, 0) is 9.09 Å². The van der Waals surface area contributed by atoms with Gasteiger partial charge in [-0.25, -0.2) is 0 Å². The smallest absolute Gasteiger partial charge is 0.320 e. The molecule has 0 spiro atoms. The molecule has 0 aliphatic rings. The first-order valence-electron chi connectivity index (χ1n) is 12.2. The molecule has 0 amide bonds. The van der Waals surface area contributed by atoms with Gasteiger partial charge in [-0.05, 0) is 25.7 Å². The van der Waals surface area contributed by atoms with E-state index in [4.69, 9.17) is 4.52 Å². The topological polar surface area (TPSA) is 46.5 Å². The van der Waals surface area contributed by atoms with Crippen molar-refractivity contribution in [1.82, 2.24) is 0 Å². The highest BCUT2D eigenvalue weighted by Gasteiger charge is 2.41. The molecule has 0 fully saturated rings. The molecule has 1 N–H and O–H groups in total. The predicted molar refractivity (Wildman–Crippen MR) is 127 cm³/mol. The SMILES string of the molecule is CC/C=C\CCCCCCCCCCCCCCOP(=O)(O)C(CC)[N+](C)(C)C. The Morgan fingerprint density at radius 3 is 1.66 bits per heavy atom. The Bertz CT molecular complexity index is 446. The summed E-state index contributed by atoms with van der Waals surface area (Å²) in [5.41, 5.74) is 0. The van der Waals surface area contributed by atoms with Crippen molar-refractivity contribution in [2.45, 2.75) is 116 Å². The van der Waals surface area contributed by atoms with Crippen molar-refractivity contribution in [2.24, 2.45) is 0 Å². The van der Waals surface area contributed by atoms with Gasteiger partial charge in [-0.3, -0.25) is 4.57 Å². The molecule has 0 rings (SSSR count). The van der Waals surface area contributed by atoms with Gasteiger partial charge in [0.1, 0.15) is 0 Å². The van der Waals surface area contributed by atoms with Crippen molar-refractivity contribution < 1.29 is 18.5 Å². The molecule has 0 aliphatic heterocycles. The molecule has 0 aromatic heterocycles. The van der Waals surface area contributed by atoms with Gasteiger partial charge in [-0.2, -0.15) is 0 Å². The van der Waals surface area contributed by atoms with Gasteiger partial charge >= 0.3 is 7.60 Å². The van der Waals surface area contributed by atoms with Crippen LogP contribution in [0.5, 0.6) is 0 Å². The van der Waals surface area contributed by atoms with E-state index in [2.05, 4.69) is 19.1 Å². The third kappa shape index (κ3) is 16.2. The molecule has 0 radical (unpaired) electrons. The second-order valence-corrected chi connectivity index (χ2v) is 11.3. The third-order valence-corrected chi connectivity index (χ3v) is 7.94. The van der Waals surface area contributed by atoms with E-state index in [-0.39, 0.29) is 5.78 Å². The molecule has 0 saturated heterocycles. The van der Waals surface area contributed by atoms with Crippen LogP contribution in [0, 0.1) is 0 Å². The lowest BCUT2D eigenvalue weighted by molar-refractivity contribution is -0.883. The van der Waals surface area contributed by atoms with E-state index in [1.807, 2.05) is 28.1 Å². The first kappa shape index (κ1) is 28.9. The molecular formula is C24H51NO3P+. The van der Waals surface area contributed by atoms with Crippen LogP contribution in [0.25, 0.3) is 0 Å². The van der Waals surface area contributed by atoms with Gasteiger partial charge in [0.25, 0.3) is 0 Å². The van der Waals surface area contributed by atoms with Crippen molar-refractivity contribution in [2.75, 3.05) is 27.7 Å². The van der Waals surface area contributed by atoms with E-state index >= 15 is 0 Å². The molecule has 29 heavy (non-hydrogen) atoms. The lowest BCUT2D eigenvalue weighted by atomic mass is 10.0. The Kier molecular flexibility index (Phi) is 17.4. The minimum atomic E-state index is -3.55. The molecule has 5 heteroatoms. The van der Waals surface area contributed by atoms with Crippen LogP contribution in [0.3, 0.4) is 0 Å². The van der Waals surface area contributed by atoms with Crippen molar-refractivity contribution in [1.29, 1.82) is 0 Å². The largest absolute Gasteiger partial charge is 0.385 e. The second-order valence-electron chi connectivity index (χ2n) is 9.31. The molecule has 0 aromatic rings. The summed E-state index contributed by atoms with van der Waals surface area (Å²) in [5, 5.41) is 0. The Morgan fingerprint density at radius 2 is 1.24 bits per heavy atom. The summed E-state index contributed by atoms with van der Waals surface area (Å²) in [5.74, 6) is -0.347. The van der Waals surface area contributed by atoms with Crippen molar-refractivity contribution in [3.8, 4) is 0 Å². The van der Waals surface area contributed by atoms with Crippen molar-refractivity contribution in [3.05, 3.63) is 12.2 Å². The predicted octanol–water partition coefficient (Wildman–Crippen LogP) is 7.67. The molecule has 2 unspecified atom stereocenters. The molecule has 174 valence electrons. The van der Waals surface area contributed by atoms with Gasteiger partial charge in [0, 0.05) is 6.42 Å². The Labute approximate surface area is 182 Å². The minimum absolute atomic E-state index is 0.347. The van der Waals surface area contributed by atoms with E-state index in [0.717, 1.165) is 19.3 Å². The van der Waals surface area contributed by atoms with Crippen molar-refractivity contribution >= 4 is 7.60 Å². The molecule has 0 aromatic carbocycles. The normalized spacial score (nSPS) is 15.7. The fourth-order valence-electron chi connectivity index (χ4n) is 3.91. The number of quaternary nitrogens is 1. The van der Waals surface area contributed by atoms with E-state index < -0.39 is 7.60 Å². The number of nitrogens with zero attached hydrogens (tertiary/aromatic N) is 1. The number of unbranched alkanes of at least 4 members (excludes halogenated alkanes) is 12. The number of hydrogen-bond acceptors (Lipinski definition) is 2. The van der Waals surface area contributed by atoms with Gasteiger partial charge in [0.05, 0.1) is 27.7 Å². The summed E-state index contributed by atoms with van der Waals surface area (Å²) in [6.07, 6.45) is 23.0. The zero-order valence-corrected chi connectivity index (χ0v) is 21.1. The monoisotopic (exact) mass is 432 g/mol. The van der Waals surface area contributed by atoms with E-state index in [1.54, 1.807) is 0 Å². The van der Waals surface area contributed by atoms with Gasteiger partial charge in [-0.15, -0.1) is 0 Å². The molecule has 0 saturated carbocycles. The Hall–Kier alpha value is -0.150. The fourth-order valence-corrected chi connectivity index (χ4v) is 5.81. The van der Waals surface area contributed by atoms with Crippen LogP contribution in [0.4, 0.5) is 0 Å². The fraction of sp³-hybridized carbons (Fsp3) is 0.917. The number of allylic oxidation sites excluding steroid dienone is 2. The summed E-state index contributed by atoms with van der Waals surface area (Å²) in [4.78, 5) is 10.3. The summed E-state index contributed by atoms with van der Waals surface area (Å²) < 4.78 is 18.3. The maximum absolute atomic E-state index is 12.5. The number of rotatable bonds is 20. The van der Waals surface area contributed by atoms with E-state index in [9.17, 15) is 9.46 Å². The highest BCUT2D eigenvalue weighted by atomic mass is 31.2. The van der Waals surface area contributed by atoms with E-state index in [1.165, 1.54) is 70.6 Å². The van der Waals surface area contributed by atoms with E-state index in [0.29, 0.717) is 17.5 Å². The average molecular weight is 433 g/mol. The van der Waals surface area contributed by atoms with Gasteiger partial charge < -0.3 is 13.9 Å². The van der Waals surface area contributed by atoms with Crippen LogP contribution in [-0.4, -0.2) is 42.9 Å². The summed E-state index contributed by atoms with van der Waals surface area (Å²) >= 11 is 0. The first-order valence-corrected chi connectivity index (χ1v) is 13.8. The summed E-state index contributed by atoms with van der Waals surface area (Å²) in [6, 6.07) is 0. The maximum Gasteiger partial charge on any atom is 0.385 e. The molecule has 0 aliphatic carbocycles. The van der Waals surface area contributed by atoms with Gasteiger partial charge in [0.2, 0.25) is 0 Å². The molecule has 2 atom stereocenters. The van der Waals surface area contributed by atoms with Gasteiger partial charge in [-0.1, -0.05) is 90.2 Å². The Balaban J connectivity index is 3.48. The Morgan fingerprint density at radius 1 is 0.793 bits per heavy atom. The molecule has 0 bridgehead atoms. The second kappa shape index (κ2) is 17.5. The summed E-state index contributed by atoms with van der Waals surface area (Å²) in [7, 11) is 2.31. The van der Waals surface area contributed by atoms with Crippen molar-refractivity contribution in [3.63, 3.8) is 0 Å². The molecule has 0 heterocycles. The van der Waals surface area contributed by atoms with Crippen LogP contribution in [0.15, 0.2) is 12.2 Å². The average Bonchev–Trinajstić information content (AvgIpc) is 2.63. The maximum atomic E-state index is 12.5. The highest BCUT2D eigenvalue weighted by molar-refractivity contribution is 7.53. The lowest BCUT2D eigenvalue weighted by Gasteiger charge is -2.35. The molecule has 4 nitrogen and oxygen atoms in total. The van der Waals surface area contributed by atoms with Crippen LogP contribution in [0.1, 0.15) is 110 Å². The van der Waals surface area contributed by atoms with Gasteiger partial charge in [0.15, 0.2) is 5.78 Å². The minimum Gasteiger partial charge on any atom is -0.320 e. The van der Waals surface area contributed by atoms with Crippen LogP contribution < -0.4 is 0 Å². The first-order chi connectivity index (χ1) is 13.8. The quantitative estimate of drug-likeness (QED) is 0.0929. The molecular weight excluding hydrogens is 381 g/mol. The van der Waals surface area contributed by atoms with Crippen LogP contribution >= 0.6 is 7.60 Å².